The summed E-state index contributed by atoms with van der Waals surface area (Å²) in [5.74, 6) is 0.506. The first-order valence-corrected chi connectivity index (χ1v) is 17.5. The largest absolute Gasteiger partial charge is 0.457 e. The van der Waals surface area contributed by atoms with Gasteiger partial charge in [0, 0.05) is 54.5 Å². The number of nitrogens with zero attached hydrogens (tertiary/aromatic N) is 1. The van der Waals surface area contributed by atoms with E-state index in [1.54, 1.807) is 37.6 Å². The minimum Gasteiger partial charge on any atom is -0.457 e. The lowest BCUT2D eigenvalue weighted by molar-refractivity contribution is 0.484. The number of hydrogen-bond acceptors (Lipinski definition) is 8. The lowest BCUT2D eigenvalue weighted by Crippen LogP contribution is -2.16. The van der Waals surface area contributed by atoms with Gasteiger partial charge in [0.25, 0.3) is 15.6 Å². The van der Waals surface area contributed by atoms with Gasteiger partial charge < -0.3 is 14.3 Å². The summed E-state index contributed by atoms with van der Waals surface area (Å²) in [6.45, 7) is 0. The summed E-state index contributed by atoms with van der Waals surface area (Å²) in [4.78, 5) is 15.4. The highest BCUT2D eigenvalue weighted by molar-refractivity contribution is 7.92. The van der Waals surface area contributed by atoms with Crippen molar-refractivity contribution in [2.45, 2.75) is 14.7 Å². The van der Waals surface area contributed by atoms with E-state index in [0.29, 0.717) is 22.0 Å². The maximum atomic E-state index is 13.0. The van der Waals surface area contributed by atoms with E-state index in [4.69, 9.17) is 4.74 Å². The molecule has 11 nitrogen and oxygen atoms in total. The number of pyridine rings is 1. The topological polar surface area (TPSA) is 161 Å². The quantitative estimate of drug-likeness (QED) is 0.262. The number of anilines is 1. The molecule has 2 N–H and O–H groups in total. The van der Waals surface area contributed by atoms with Crippen LogP contribution in [0.5, 0.6) is 11.5 Å². The van der Waals surface area contributed by atoms with E-state index in [-0.39, 0.29) is 37.4 Å². The molecule has 0 saturated carbocycles. The van der Waals surface area contributed by atoms with Crippen LogP contribution in [0.4, 0.5) is 5.69 Å². The summed E-state index contributed by atoms with van der Waals surface area (Å²) >= 11 is 0. The molecular formula is C28H25N3O8S3. The summed E-state index contributed by atoms with van der Waals surface area (Å²) in [6.07, 6.45) is 5.32. The molecule has 218 valence electrons. The normalized spacial score (nSPS) is 12.4. The van der Waals surface area contributed by atoms with Gasteiger partial charge in [0.1, 0.15) is 17.0 Å². The van der Waals surface area contributed by atoms with Crippen LogP contribution in [0, 0.1) is 0 Å². The molecule has 0 atom stereocenters. The number of benzene rings is 3. The smallest absolute Gasteiger partial charge is 0.274 e. The average Bonchev–Trinajstić information content (AvgIpc) is 3.40. The molecule has 0 aliphatic carbocycles. The van der Waals surface area contributed by atoms with Crippen LogP contribution in [0.25, 0.3) is 22.0 Å². The monoisotopic (exact) mass is 627 g/mol. The molecule has 0 aliphatic rings. The van der Waals surface area contributed by atoms with Crippen molar-refractivity contribution in [3.63, 3.8) is 0 Å². The number of aromatic nitrogens is 2. The van der Waals surface area contributed by atoms with Gasteiger partial charge in [-0.15, -0.1) is 0 Å². The van der Waals surface area contributed by atoms with Crippen LogP contribution in [0.2, 0.25) is 0 Å². The van der Waals surface area contributed by atoms with Gasteiger partial charge in [-0.25, -0.2) is 25.3 Å². The Kier molecular flexibility index (Phi) is 7.25. The summed E-state index contributed by atoms with van der Waals surface area (Å²) in [5, 5.41) is 0.567. The first-order chi connectivity index (χ1) is 19.6. The Morgan fingerprint density at radius 3 is 2.07 bits per heavy atom. The van der Waals surface area contributed by atoms with Crippen molar-refractivity contribution in [1.82, 2.24) is 9.55 Å². The number of nitrogens with one attached hydrogen (secondary N) is 2. The highest BCUT2D eigenvalue weighted by Gasteiger charge is 2.20. The molecule has 2 aromatic heterocycles. The number of sulfone groups is 2. The van der Waals surface area contributed by atoms with Crippen molar-refractivity contribution in [2.24, 2.45) is 7.05 Å². The molecule has 0 saturated heterocycles. The van der Waals surface area contributed by atoms with Gasteiger partial charge in [0.05, 0.1) is 20.4 Å². The molecule has 5 rings (SSSR count). The predicted molar refractivity (Wildman–Crippen MR) is 159 cm³/mol. The van der Waals surface area contributed by atoms with Gasteiger partial charge in [-0.1, -0.05) is 6.07 Å². The van der Waals surface area contributed by atoms with Crippen molar-refractivity contribution < 1.29 is 30.0 Å². The highest BCUT2D eigenvalue weighted by Crippen LogP contribution is 2.38. The van der Waals surface area contributed by atoms with Crippen molar-refractivity contribution in [2.75, 3.05) is 17.2 Å². The predicted octanol–water partition coefficient (Wildman–Crippen LogP) is 3.93. The summed E-state index contributed by atoms with van der Waals surface area (Å²) in [5.41, 5.74) is 1.19. The fraction of sp³-hybridized carbons (Fsp3) is 0.107. The third-order valence-corrected chi connectivity index (χ3v) is 10.1. The van der Waals surface area contributed by atoms with Crippen molar-refractivity contribution in [1.29, 1.82) is 0 Å². The Morgan fingerprint density at radius 1 is 0.762 bits per heavy atom. The van der Waals surface area contributed by atoms with Gasteiger partial charge in [-0.2, -0.15) is 0 Å². The van der Waals surface area contributed by atoms with Crippen LogP contribution in [0.15, 0.2) is 105 Å². The fourth-order valence-corrected chi connectivity index (χ4v) is 6.68. The van der Waals surface area contributed by atoms with Crippen LogP contribution < -0.4 is 15.0 Å². The molecule has 14 heteroatoms. The van der Waals surface area contributed by atoms with Crippen LogP contribution in [-0.2, 0) is 36.7 Å². The van der Waals surface area contributed by atoms with Gasteiger partial charge in [-0.3, -0.25) is 9.52 Å². The average molecular weight is 628 g/mol. The lowest BCUT2D eigenvalue weighted by Gasteiger charge is -2.15. The Morgan fingerprint density at radius 2 is 1.40 bits per heavy atom. The van der Waals surface area contributed by atoms with E-state index in [0.717, 1.165) is 12.5 Å². The number of aryl methyl sites for hydroxylation is 1. The summed E-state index contributed by atoms with van der Waals surface area (Å²) in [6, 6.07) is 17.0. The third kappa shape index (κ3) is 5.82. The van der Waals surface area contributed by atoms with E-state index in [9.17, 15) is 30.0 Å². The molecule has 0 aliphatic heterocycles. The molecule has 42 heavy (non-hydrogen) atoms. The zero-order chi connectivity index (χ0) is 30.4. The van der Waals surface area contributed by atoms with E-state index >= 15 is 0 Å². The highest BCUT2D eigenvalue weighted by atomic mass is 32.2. The molecule has 3 aromatic carbocycles. The SMILES string of the molecule is Cn1cc(-c2cc(S(C)(=O)=O)ccc2Oc2cccc(NS(=O)(=O)c3ccc(S(C)(=O)=O)cc3)c2)c2cc[nH]c2c1=O. The van der Waals surface area contributed by atoms with E-state index in [2.05, 4.69) is 9.71 Å². The van der Waals surface area contributed by atoms with Crippen LogP contribution in [-0.4, -0.2) is 47.3 Å². The summed E-state index contributed by atoms with van der Waals surface area (Å²) < 4.78 is 84.1. The van der Waals surface area contributed by atoms with E-state index in [1.165, 1.54) is 59.2 Å². The van der Waals surface area contributed by atoms with Crippen molar-refractivity contribution in [3.05, 3.63) is 95.5 Å². The van der Waals surface area contributed by atoms with Crippen LogP contribution in [0.1, 0.15) is 0 Å². The standard InChI is InChI=1S/C28H25N3O8S3/c1-31-17-25(23-13-14-29-27(23)28(31)32)24-16-22(41(3,35)36)11-12-26(24)39-19-6-4-5-18(15-19)30-42(37,38)21-9-7-20(8-10-21)40(2,33)34/h4-17,29-30H,1-3H3. The van der Waals surface area contributed by atoms with Crippen LogP contribution >= 0.6 is 0 Å². The van der Waals surface area contributed by atoms with Gasteiger partial charge in [0.15, 0.2) is 19.7 Å². The maximum absolute atomic E-state index is 13.0. The number of fused-ring (bicyclic) bond motifs is 1. The zero-order valence-corrected chi connectivity index (χ0v) is 25.0. The first kappa shape index (κ1) is 29.1. The molecular weight excluding hydrogens is 603 g/mol. The lowest BCUT2D eigenvalue weighted by atomic mass is 10.0. The van der Waals surface area contributed by atoms with Crippen molar-refractivity contribution >= 4 is 46.3 Å². The number of aromatic amines is 1. The second-order valence-corrected chi connectivity index (χ2v) is 15.3. The third-order valence-electron chi connectivity index (χ3n) is 6.44. The van der Waals surface area contributed by atoms with Crippen molar-refractivity contribution in [3.8, 4) is 22.6 Å². The van der Waals surface area contributed by atoms with Gasteiger partial charge in [0.2, 0.25) is 0 Å². The number of sulfonamides is 1. The number of hydrogen-bond donors (Lipinski definition) is 2. The molecule has 0 amide bonds. The molecule has 2 heterocycles. The van der Waals surface area contributed by atoms with Gasteiger partial charge in [-0.05, 0) is 60.7 Å². The van der Waals surface area contributed by atoms with E-state index < -0.39 is 29.7 Å². The second-order valence-electron chi connectivity index (χ2n) is 9.63. The zero-order valence-electron chi connectivity index (χ0n) is 22.5. The van der Waals surface area contributed by atoms with Crippen LogP contribution in [0.3, 0.4) is 0 Å². The number of ether oxygens (including phenoxy) is 1. The Labute approximate surface area is 242 Å². The minimum atomic E-state index is -4.07. The molecule has 0 radical (unpaired) electrons. The molecule has 0 bridgehead atoms. The Hall–Kier alpha value is -4.40. The summed E-state index contributed by atoms with van der Waals surface area (Å²) in [7, 11) is -9.57. The minimum absolute atomic E-state index is 0.00931. The molecule has 0 fully saturated rings. The molecule has 5 aromatic rings. The first-order valence-electron chi connectivity index (χ1n) is 12.3. The molecule has 0 unspecified atom stereocenters. The van der Waals surface area contributed by atoms with E-state index in [1.807, 2.05) is 0 Å². The number of H-pyrrole nitrogens is 1. The molecule has 0 spiro atoms. The maximum Gasteiger partial charge on any atom is 0.274 e. The Balaban J connectivity index is 1.53. The second kappa shape index (κ2) is 10.5. The fourth-order valence-electron chi connectivity index (χ4n) is 4.35. The van der Waals surface area contributed by atoms with Gasteiger partial charge >= 0.3 is 0 Å². The Bertz CT molecular complexity index is 2240. The number of rotatable bonds is 8.